The lowest BCUT2D eigenvalue weighted by atomic mass is 9.70. The molecule has 0 bridgehead atoms. The van der Waals surface area contributed by atoms with E-state index in [1.54, 1.807) is 36.2 Å². The summed E-state index contributed by atoms with van der Waals surface area (Å²) in [6.07, 6.45) is 0.723. The minimum atomic E-state index is -0.184. The monoisotopic (exact) mass is 351 g/mol. The molecule has 0 aromatic heterocycles. The van der Waals surface area contributed by atoms with Gasteiger partial charge in [-0.2, -0.15) is 0 Å². The summed E-state index contributed by atoms with van der Waals surface area (Å²) in [6.45, 7) is 11.3. The fraction of sp³-hybridized carbons (Fsp3) is 0.391. The molecule has 2 rings (SSSR count). The van der Waals surface area contributed by atoms with Crippen LogP contribution in [0.4, 0.5) is 5.69 Å². The molecule has 0 N–H and O–H groups in total. The highest BCUT2D eigenvalue weighted by Gasteiger charge is 2.29. The molecule has 0 fully saturated rings. The number of amides is 1. The molecule has 0 aliphatic rings. The van der Waals surface area contributed by atoms with Crippen LogP contribution < -0.4 is 4.90 Å². The Morgan fingerprint density at radius 2 is 1.58 bits per heavy atom. The van der Waals surface area contributed by atoms with E-state index in [1.165, 1.54) is 5.56 Å². The zero-order chi connectivity index (χ0) is 19.5. The molecule has 3 heteroatoms. The highest BCUT2D eigenvalue weighted by Crippen LogP contribution is 2.41. The van der Waals surface area contributed by atoms with Gasteiger partial charge < -0.3 is 4.90 Å². The first-order valence-corrected chi connectivity index (χ1v) is 9.09. The van der Waals surface area contributed by atoms with E-state index >= 15 is 0 Å². The second-order valence-corrected chi connectivity index (χ2v) is 8.25. The third-order valence-corrected chi connectivity index (χ3v) is 4.86. The van der Waals surface area contributed by atoms with Crippen LogP contribution in [0.3, 0.4) is 0 Å². The van der Waals surface area contributed by atoms with Crippen LogP contribution in [-0.2, 0) is 0 Å². The van der Waals surface area contributed by atoms with Gasteiger partial charge in [0.15, 0.2) is 6.29 Å². The lowest BCUT2D eigenvalue weighted by Crippen LogP contribution is -2.27. The fourth-order valence-electron chi connectivity index (χ4n) is 3.88. The molecule has 0 saturated heterocycles. The molecule has 0 spiro atoms. The van der Waals surface area contributed by atoms with Gasteiger partial charge in [0.2, 0.25) is 0 Å². The Bertz CT molecular complexity index is 770. The van der Waals surface area contributed by atoms with Crippen molar-refractivity contribution in [1.29, 1.82) is 0 Å². The summed E-state index contributed by atoms with van der Waals surface area (Å²) in [7, 11) is 1.74. The maximum atomic E-state index is 12.8. The Labute approximate surface area is 157 Å². The van der Waals surface area contributed by atoms with Crippen LogP contribution in [0.2, 0.25) is 0 Å². The quantitative estimate of drug-likeness (QED) is 0.661. The zero-order valence-electron chi connectivity index (χ0n) is 16.6. The first-order valence-electron chi connectivity index (χ1n) is 9.09. The Morgan fingerprint density at radius 1 is 1.00 bits per heavy atom. The van der Waals surface area contributed by atoms with Crippen LogP contribution in [0.15, 0.2) is 48.5 Å². The van der Waals surface area contributed by atoms with Crippen molar-refractivity contribution in [2.45, 2.75) is 40.5 Å². The van der Waals surface area contributed by atoms with Crippen LogP contribution in [0, 0.1) is 11.3 Å². The number of aldehydes is 1. The summed E-state index contributed by atoms with van der Waals surface area (Å²) in [6, 6.07) is 15.1. The molecule has 2 aromatic rings. The largest absolute Gasteiger partial charge is 0.311 e. The zero-order valence-corrected chi connectivity index (χ0v) is 16.6. The molecule has 1 unspecified atom stereocenters. The SMILES string of the molecule is CC(C)C(c1ccc(N(C)C(=O)c2ccccc2C=O)cc1)C(C)(C)C. The second-order valence-electron chi connectivity index (χ2n) is 8.25. The normalized spacial score (nSPS) is 12.7. The van der Waals surface area contributed by atoms with E-state index in [1.807, 2.05) is 12.1 Å². The van der Waals surface area contributed by atoms with E-state index < -0.39 is 0 Å². The standard InChI is InChI=1S/C23H29NO2/c1-16(2)21(23(3,4)5)17-11-13-19(14-12-17)24(6)22(26)20-10-8-7-9-18(20)15-25/h7-16,21H,1-6H3. The highest BCUT2D eigenvalue weighted by atomic mass is 16.2. The first-order chi connectivity index (χ1) is 12.2. The average Bonchev–Trinajstić information content (AvgIpc) is 2.59. The van der Waals surface area contributed by atoms with E-state index in [2.05, 4.69) is 46.8 Å². The maximum Gasteiger partial charge on any atom is 0.258 e. The molecule has 26 heavy (non-hydrogen) atoms. The molecule has 1 amide bonds. The number of hydrogen-bond donors (Lipinski definition) is 0. The molecular weight excluding hydrogens is 322 g/mol. The third kappa shape index (κ3) is 4.21. The minimum absolute atomic E-state index is 0.167. The summed E-state index contributed by atoms with van der Waals surface area (Å²) in [5, 5.41) is 0. The molecule has 0 aliphatic heterocycles. The predicted molar refractivity (Wildman–Crippen MR) is 108 cm³/mol. The van der Waals surface area contributed by atoms with Crippen molar-refractivity contribution < 1.29 is 9.59 Å². The number of carbonyl (C=O) groups excluding carboxylic acids is 2. The molecule has 3 nitrogen and oxygen atoms in total. The molecule has 0 radical (unpaired) electrons. The molecule has 2 aromatic carbocycles. The van der Waals surface area contributed by atoms with Crippen molar-refractivity contribution in [3.63, 3.8) is 0 Å². The number of anilines is 1. The van der Waals surface area contributed by atoms with Crippen molar-refractivity contribution >= 4 is 17.9 Å². The maximum absolute atomic E-state index is 12.8. The number of nitrogens with zero attached hydrogens (tertiary/aromatic N) is 1. The Kier molecular flexibility index (Phi) is 6.01. The van der Waals surface area contributed by atoms with Gasteiger partial charge in [-0.3, -0.25) is 9.59 Å². The summed E-state index contributed by atoms with van der Waals surface area (Å²) >= 11 is 0. The van der Waals surface area contributed by atoms with Crippen LogP contribution in [0.5, 0.6) is 0 Å². The van der Waals surface area contributed by atoms with E-state index in [4.69, 9.17) is 0 Å². The summed E-state index contributed by atoms with van der Waals surface area (Å²) < 4.78 is 0. The van der Waals surface area contributed by atoms with Crippen LogP contribution >= 0.6 is 0 Å². The van der Waals surface area contributed by atoms with Gasteiger partial charge in [-0.05, 0) is 41.0 Å². The minimum Gasteiger partial charge on any atom is -0.311 e. The molecule has 0 aliphatic carbocycles. The number of rotatable bonds is 5. The molecule has 1 atom stereocenters. The second kappa shape index (κ2) is 7.86. The van der Waals surface area contributed by atoms with Crippen LogP contribution in [0.1, 0.15) is 66.8 Å². The average molecular weight is 351 g/mol. The summed E-state index contributed by atoms with van der Waals surface area (Å²) in [5.74, 6) is 0.782. The van der Waals surface area contributed by atoms with Gasteiger partial charge >= 0.3 is 0 Å². The smallest absolute Gasteiger partial charge is 0.258 e. The molecular formula is C23H29NO2. The van der Waals surface area contributed by atoms with Gasteiger partial charge in [-0.25, -0.2) is 0 Å². The first kappa shape index (κ1) is 19.9. The van der Waals surface area contributed by atoms with E-state index in [0.717, 1.165) is 12.0 Å². The van der Waals surface area contributed by atoms with Crippen molar-refractivity contribution in [1.82, 2.24) is 0 Å². The molecule has 0 saturated carbocycles. The van der Waals surface area contributed by atoms with E-state index in [9.17, 15) is 9.59 Å². The molecule has 138 valence electrons. The van der Waals surface area contributed by atoms with Gasteiger partial charge in [0.1, 0.15) is 0 Å². The fourth-order valence-corrected chi connectivity index (χ4v) is 3.88. The van der Waals surface area contributed by atoms with Gasteiger partial charge in [0.05, 0.1) is 5.56 Å². The Balaban J connectivity index is 2.30. The summed E-state index contributed by atoms with van der Waals surface area (Å²) in [5.41, 5.74) is 3.10. The lowest BCUT2D eigenvalue weighted by Gasteiger charge is -2.34. The Hall–Kier alpha value is -2.42. The third-order valence-electron chi connectivity index (χ3n) is 4.86. The number of hydrogen-bond acceptors (Lipinski definition) is 2. The Morgan fingerprint density at radius 3 is 2.08 bits per heavy atom. The van der Waals surface area contributed by atoms with Crippen molar-refractivity contribution in [2.24, 2.45) is 11.3 Å². The van der Waals surface area contributed by atoms with Crippen molar-refractivity contribution in [3.05, 3.63) is 65.2 Å². The van der Waals surface area contributed by atoms with E-state index in [-0.39, 0.29) is 11.3 Å². The van der Waals surface area contributed by atoms with Crippen LogP contribution in [0.25, 0.3) is 0 Å². The summed E-state index contributed by atoms with van der Waals surface area (Å²) in [4.78, 5) is 25.6. The number of benzene rings is 2. The lowest BCUT2D eigenvalue weighted by molar-refractivity contribution is 0.0986. The molecule has 0 heterocycles. The number of carbonyl (C=O) groups is 2. The topological polar surface area (TPSA) is 37.4 Å². The van der Waals surface area contributed by atoms with Gasteiger partial charge in [-0.15, -0.1) is 0 Å². The van der Waals surface area contributed by atoms with Crippen molar-refractivity contribution in [2.75, 3.05) is 11.9 Å². The van der Waals surface area contributed by atoms with Crippen molar-refractivity contribution in [3.8, 4) is 0 Å². The predicted octanol–water partition coefficient (Wildman–Crippen LogP) is 5.56. The van der Waals surface area contributed by atoms with Gasteiger partial charge in [0.25, 0.3) is 5.91 Å². The van der Waals surface area contributed by atoms with Crippen LogP contribution in [-0.4, -0.2) is 19.2 Å². The van der Waals surface area contributed by atoms with Gasteiger partial charge in [-0.1, -0.05) is 65.0 Å². The highest BCUT2D eigenvalue weighted by molar-refractivity contribution is 6.09. The van der Waals surface area contributed by atoms with Gasteiger partial charge in [0, 0.05) is 18.3 Å². The van der Waals surface area contributed by atoms with E-state index in [0.29, 0.717) is 23.0 Å².